The van der Waals surface area contributed by atoms with Gasteiger partial charge in [0.05, 0.1) is 6.10 Å². The second kappa shape index (κ2) is 4.82. The van der Waals surface area contributed by atoms with E-state index < -0.39 is 13.2 Å². The highest BCUT2D eigenvalue weighted by molar-refractivity contribution is 6.42. The van der Waals surface area contributed by atoms with Gasteiger partial charge in [-0.05, 0) is 19.4 Å². The normalized spacial score (nSPS) is 25.8. The molecule has 1 rings (SSSR count). The predicted molar refractivity (Wildman–Crippen MR) is 46.8 cm³/mol. The van der Waals surface area contributed by atoms with Gasteiger partial charge in [-0.1, -0.05) is 0 Å². The number of rotatable bonds is 4. The Hall–Kier alpha value is -0.0951. The highest BCUT2D eigenvalue weighted by Crippen LogP contribution is 2.12. The summed E-state index contributed by atoms with van der Waals surface area (Å²) >= 11 is 0. The van der Waals surface area contributed by atoms with Crippen LogP contribution in [0.2, 0.25) is 6.32 Å². The molecule has 70 valence electrons. The molecule has 3 N–H and O–H groups in total. The maximum atomic E-state index is 9.55. The molecule has 4 nitrogen and oxygen atoms in total. The third-order valence-corrected chi connectivity index (χ3v) is 2.28. The molecule has 1 saturated heterocycles. The van der Waals surface area contributed by atoms with Crippen molar-refractivity contribution in [2.45, 2.75) is 31.3 Å². The van der Waals surface area contributed by atoms with Crippen LogP contribution in [0.4, 0.5) is 0 Å². The average molecular weight is 173 g/mol. The molecule has 0 unspecified atom stereocenters. The van der Waals surface area contributed by atoms with Gasteiger partial charge in [0, 0.05) is 19.5 Å². The van der Waals surface area contributed by atoms with Crippen LogP contribution in [0, 0.1) is 0 Å². The van der Waals surface area contributed by atoms with Crippen LogP contribution in [-0.2, 0) is 4.65 Å². The molecule has 1 fully saturated rings. The minimum absolute atomic E-state index is 0.134. The molecule has 0 aromatic carbocycles. The fourth-order valence-electron chi connectivity index (χ4n) is 1.51. The SMILES string of the molecule is COB(O)C[C@@H](O)[C@@H]1CCCN1. The smallest absolute Gasteiger partial charge is 0.427 e. The zero-order valence-electron chi connectivity index (χ0n) is 7.36. The predicted octanol–water partition coefficient (Wildman–Crippen LogP) is -0.774. The van der Waals surface area contributed by atoms with Crippen LogP contribution in [0.15, 0.2) is 0 Å². The zero-order valence-corrected chi connectivity index (χ0v) is 7.36. The molecule has 0 bridgehead atoms. The van der Waals surface area contributed by atoms with Crippen molar-refractivity contribution in [2.75, 3.05) is 13.7 Å². The molecular formula is C7H16BNO3. The Balaban J connectivity index is 2.21. The number of hydrogen-bond acceptors (Lipinski definition) is 4. The summed E-state index contributed by atoms with van der Waals surface area (Å²) in [6, 6.07) is 0.134. The molecule has 0 amide bonds. The number of aliphatic hydroxyl groups excluding tert-OH is 1. The molecule has 1 aliphatic rings. The number of aliphatic hydroxyl groups is 1. The average Bonchev–Trinajstić information content (AvgIpc) is 2.56. The molecule has 0 aromatic rings. The highest BCUT2D eigenvalue weighted by atomic mass is 16.5. The van der Waals surface area contributed by atoms with Crippen LogP contribution < -0.4 is 5.32 Å². The van der Waals surface area contributed by atoms with Crippen LogP contribution in [0.1, 0.15) is 12.8 Å². The van der Waals surface area contributed by atoms with E-state index in [-0.39, 0.29) is 12.4 Å². The van der Waals surface area contributed by atoms with E-state index in [0.29, 0.717) is 0 Å². The first-order chi connectivity index (χ1) is 5.74. The first kappa shape index (κ1) is 9.99. The Morgan fingerprint density at radius 2 is 2.50 bits per heavy atom. The van der Waals surface area contributed by atoms with E-state index in [4.69, 9.17) is 5.02 Å². The summed E-state index contributed by atoms with van der Waals surface area (Å²) in [6.07, 6.45) is 1.87. The quantitative estimate of drug-likeness (QED) is 0.488. The minimum atomic E-state index is -0.845. The van der Waals surface area contributed by atoms with Crippen molar-refractivity contribution in [3.8, 4) is 0 Å². The molecule has 12 heavy (non-hydrogen) atoms. The summed E-state index contributed by atoms with van der Waals surface area (Å²) in [6.45, 7) is 0.963. The molecule has 2 atom stereocenters. The molecule has 5 heteroatoms. The number of hydrogen-bond donors (Lipinski definition) is 3. The van der Waals surface area contributed by atoms with E-state index in [2.05, 4.69) is 9.97 Å². The zero-order chi connectivity index (χ0) is 8.97. The second-order valence-corrected chi connectivity index (χ2v) is 3.20. The van der Waals surface area contributed by atoms with Gasteiger partial charge in [0.15, 0.2) is 0 Å². The summed E-state index contributed by atoms with van der Waals surface area (Å²) in [5.41, 5.74) is 0. The molecule has 1 aliphatic heterocycles. The van der Waals surface area contributed by atoms with Crippen molar-refractivity contribution in [3.05, 3.63) is 0 Å². The Bertz CT molecular complexity index is 130. The van der Waals surface area contributed by atoms with Gasteiger partial charge in [0.25, 0.3) is 0 Å². The first-order valence-corrected chi connectivity index (χ1v) is 4.36. The fraction of sp³-hybridized carbons (Fsp3) is 1.00. The van der Waals surface area contributed by atoms with Gasteiger partial charge in [-0.15, -0.1) is 0 Å². The topological polar surface area (TPSA) is 61.7 Å². The molecule has 0 spiro atoms. The molecule has 0 aliphatic carbocycles. The third-order valence-electron chi connectivity index (χ3n) is 2.28. The van der Waals surface area contributed by atoms with Crippen LogP contribution in [0.5, 0.6) is 0 Å². The van der Waals surface area contributed by atoms with E-state index in [0.717, 1.165) is 19.4 Å². The first-order valence-electron chi connectivity index (χ1n) is 4.36. The van der Waals surface area contributed by atoms with Gasteiger partial charge in [-0.25, -0.2) is 0 Å². The van der Waals surface area contributed by atoms with Crippen LogP contribution in [0.25, 0.3) is 0 Å². The monoisotopic (exact) mass is 173 g/mol. The fourth-order valence-corrected chi connectivity index (χ4v) is 1.51. The van der Waals surface area contributed by atoms with Gasteiger partial charge < -0.3 is 20.1 Å². The summed E-state index contributed by atoms with van der Waals surface area (Å²) in [5, 5.41) is 21.8. The van der Waals surface area contributed by atoms with Gasteiger partial charge in [-0.3, -0.25) is 0 Å². The lowest BCUT2D eigenvalue weighted by molar-refractivity contribution is 0.143. The van der Waals surface area contributed by atoms with Crippen LogP contribution in [0.3, 0.4) is 0 Å². The van der Waals surface area contributed by atoms with E-state index in [1.807, 2.05) is 0 Å². The van der Waals surface area contributed by atoms with Crippen LogP contribution >= 0.6 is 0 Å². The third kappa shape index (κ3) is 2.75. The maximum Gasteiger partial charge on any atom is 0.456 e. The van der Waals surface area contributed by atoms with E-state index in [1.54, 1.807) is 0 Å². The van der Waals surface area contributed by atoms with Gasteiger partial charge in [-0.2, -0.15) is 0 Å². The Labute approximate surface area is 73.1 Å². The Kier molecular flexibility index (Phi) is 4.01. The lowest BCUT2D eigenvalue weighted by Crippen LogP contribution is -2.38. The summed E-state index contributed by atoms with van der Waals surface area (Å²) in [4.78, 5) is 0. The Morgan fingerprint density at radius 3 is 3.00 bits per heavy atom. The molecular weight excluding hydrogens is 157 g/mol. The molecule has 1 heterocycles. The van der Waals surface area contributed by atoms with Gasteiger partial charge in [0.1, 0.15) is 0 Å². The second-order valence-electron chi connectivity index (χ2n) is 3.20. The van der Waals surface area contributed by atoms with Crippen molar-refractivity contribution in [1.82, 2.24) is 5.32 Å². The van der Waals surface area contributed by atoms with Crippen molar-refractivity contribution in [3.63, 3.8) is 0 Å². The summed E-state index contributed by atoms with van der Waals surface area (Å²) in [7, 11) is 0.585. The van der Waals surface area contributed by atoms with Gasteiger partial charge >= 0.3 is 7.12 Å². The summed E-state index contributed by atoms with van der Waals surface area (Å²) in [5.74, 6) is 0. The standard InChI is InChI=1S/C7H16BNO3/c1-12-8(11)5-7(10)6-3-2-4-9-6/h6-7,9-11H,2-5H2,1H3/t6-,7+/m0/s1. The molecule has 0 saturated carbocycles. The maximum absolute atomic E-state index is 9.55. The molecule has 0 radical (unpaired) electrons. The summed E-state index contributed by atoms with van der Waals surface area (Å²) < 4.78 is 4.65. The lowest BCUT2D eigenvalue weighted by atomic mass is 9.80. The van der Waals surface area contributed by atoms with Crippen molar-refractivity contribution < 1.29 is 14.8 Å². The minimum Gasteiger partial charge on any atom is -0.427 e. The lowest BCUT2D eigenvalue weighted by Gasteiger charge is -2.18. The number of nitrogens with one attached hydrogen (secondary N) is 1. The largest absolute Gasteiger partial charge is 0.456 e. The van der Waals surface area contributed by atoms with Crippen molar-refractivity contribution in [1.29, 1.82) is 0 Å². The van der Waals surface area contributed by atoms with Crippen LogP contribution in [-0.4, -0.2) is 43.0 Å². The van der Waals surface area contributed by atoms with Gasteiger partial charge in [0.2, 0.25) is 0 Å². The van der Waals surface area contributed by atoms with E-state index in [9.17, 15) is 5.11 Å². The Morgan fingerprint density at radius 1 is 1.75 bits per heavy atom. The van der Waals surface area contributed by atoms with E-state index >= 15 is 0 Å². The molecule has 0 aromatic heterocycles. The highest BCUT2D eigenvalue weighted by Gasteiger charge is 2.26. The van der Waals surface area contributed by atoms with E-state index in [1.165, 1.54) is 7.11 Å². The van der Waals surface area contributed by atoms with Crippen molar-refractivity contribution in [2.24, 2.45) is 0 Å². The van der Waals surface area contributed by atoms with Crippen molar-refractivity contribution >= 4 is 7.12 Å².